The summed E-state index contributed by atoms with van der Waals surface area (Å²) < 4.78 is 6.44. The fourth-order valence-electron chi connectivity index (χ4n) is 1.28. The molecule has 0 amide bonds. The van der Waals surface area contributed by atoms with Crippen molar-refractivity contribution in [1.82, 2.24) is 0 Å². The van der Waals surface area contributed by atoms with E-state index in [0.717, 1.165) is 21.6 Å². The Balaban J connectivity index is 2.94. The summed E-state index contributed by atoms with van der Waals surface area (Å²) in [6.07, 6.45) is 0.528. The van der Waals surface area contributed by atoms with Crippen LogP contribution in [0.15, 0.2) is 8.89 Å². The Labute approximate surface area is 86.1 Å². The highest BCUT2D eigenvalue weighted by atomic mass is 79.9. The van der Waals surface area contributed by atoms with E-state index in [-0.39, 0.29) is 12.6 Å². The molecule has 1 heterocycles. The molecule has 13 heavy (non-hydrogen) atoms. The second-order valence-corrected chi connectivity index (χ2v) is 3.87. The zero-order chi connectivity index (χ0) is 10.0. The highest BCUT2D eigenvalue weighted by molar-refractivity contribution is 9.10. The zero-order valence-electron chi connectivity index (χ0n) is 7.80. The molecule has 0 aliphatic carbocycles. The fourth-order valence-corrected chi connectivity index (χ4v) is 1.56. The molecule has 4 heteroatoms. The predicted molar refractivity (Wildman–Crippen MR) is 54.5 cm³/mol. The van der Waals surface area contributed by atoms with Gasteiger partial charge in [0.05, 0.1) is 10.5 Å². The number of halogens is 1. The average molecular weight is 248 g/mol. The Hall–Kier alpha value is -0.320. The number of hydrogen-bond donors (Lipinski definition) is 2. The lowest BCUT2D eigenvalue weighted by Gasteiger charge is -2.07. The molecule has 0 aromatic carbocycles. The summed E-state index contributed by atoms with van der Waals surface area (Å²) in [6, 6.07) is -0.213. The SMILES string of the molecule is Cc1oc(C(N)CCO)c(C)c1Br. The number of hydrogen-bond acceptors (Lipinski definition) is 3. The van der Waals surface area contributed by atoms with Gasteiger partial charge in [0, 0.05) is 12.2 Å². The molecule has 1 aromatic heterocycles. The van der Waals surface area contributed by atoms with E-state index in [1.807, 2.05) is 13.8 Å². The van der Waals surface area contributed by atoms with Gasteiger partial charge < -0.3 is 15.3 Å². The molecule has 74 valence electrons. The molecule has 0 saturated carbocycles. The van der Waals surface area contributed by atoms with E-state index in [4.69, 9.17) is 15.3 Å². The maximum atomic E-state index is 8.73. The van der Waals surface area contributed by atoms with Gasteiger partial charge in [-0.15, -0.1) is 0 Å². The van der Waals surface area contributed by atoms with E-state index in [0.29, 0.717) is 6.42 Å². The molecule has 1 atom stereocenters. The van der Waals surface area contributed by atoms with Gasteiger partial charge in [-0.1, -0.05) is 0 Å². The lowest BCUT2D eigenvalue weighted by molar-refractivity contribution is 0.267. The Morgan fingerprint density at radius 2 is 2.15 bits per heavy atom. The Morgan fingerprint density at radius 1 is 1.54 bits per heavy atom. The number of nitrogens with two attached hydrogens (primary N) is 1. The van der Waals surface area contributed by atoms with Gasteiger partial charge in [0.1, 0.15) is 11.5 Å². The van der Waals surface area contributed by atoms with Gasteiger partial charge in [0.2, 0.25) is 0 Å². The highest BCUT2D eigenvalue weighted by Crippen LogP contribution is 2.30. The summed E-state index contributed by atoms with van der Waals surface area (Å²) in [4.78, 5) is 0. The van der Waals surface area contributed by atoms with Gasteiger partial charge in [-0.25, -0.2) is 0 Å². The van der Waals surface area contributed by atoms with Gasteiger partial charge in [-0.3, -0.25) is 0 Å². The van der Waals surface area contributed by atoms with Crippen molar-refractivity contribution in [2.24, 2.45) is 5.73 Å². The Morgan fingerprint density at radius 3 is 2.54 bits per heavy atom. The smallest absolute Gasteiger partial charge is 0.125 e. The number of aryl methyl sites for hydroxylation is 1. The Kier molecular flexibility index (Phi) is 3.53. The van der Waals surface area contributed by atoms with E-state index in [1.54, 1.807) is 0 Å². The average Bonchev–Trinajstić information content (AvgIpc) is 2.33. The van der Waals surface area contributed by atoms with Crippen LogP contribution in [0.25, 0.3) is 0 Å². The van der Waals surface area contributed by atoms with Crippen molar-refractivity contribution in [3.8, 4) is 0 Å². The minimum Gasteiger partial charge on any atom is -0.463 e. The lowest BCUT2D eigenvalue weighted by Crippen LogP contribution is -2.12. The largest absolute Gasteiger partial charge is 0.463 e. The number of aliphatic hydroxyl groups excluding tert-OH is 1. The summed E-state index contributed by atoms with van der Waals surface area (Å²) in [6.45, 7) is 3.91. The van der Waals surface area contributed by atoms with Crippen molar-refractivity contribution in [2.45, 2.75) is 26.3 Å². The third-order valence-corrected chi connectivity index (χ3v) is 3.20. The standard InChI is InChI=1S/C9H14BrNO2/c1-5-8(10)6(2)13-9(5)7(11)3-4-12/h7,12H,3-4,11H2,1-2H3. The van der Waals surface area contributed by atoms with E-state index < -0.39 is 0 Å². The summed E-state index contributed by atoms with van der Waals surface area (Å²) in [7, 11) is 0. The van der Waals surface area contributed by atoms with Crippen molar-refractivity contribution in [3.05, 3.63) is 21.6 Å². The van der Waals surface area contributed by atoms with Gasteiger partial charge in [-0.05, 0) is 36.2 Å². The van der Waals surface area contributed by atoms with Crippen LogP contribution in [0.5, 0.6) is 0 Å². The van der Waals surface area contributed by atoms with Crippen LogP contribution in [0, 0.1) is 13.8 Å². The van der Waals surface area contributed by atoms with Crippen molar-refractivity contribution in [3.63, 3.8) is 0 Å². The molecule has 0 bridgehead atoms. The maximum absolute atomic E-state index is 8.73. The molecule has 0 fully saturated rings. The summed E-state index contributed by atoms with van der Waals surface area (Å²) in [5, 5.41) is 8.73. The van der Waals surface area contributed by atoms with Gasteiger partial charge >= 0.3 is 0 Å². The van der Waals surface area contributed by atoms with Crippen LogP contribution in [0.1, 0.15) is 29.5 Å². The van der Waals surface area contributed by atoms with Crippen molar-refractivity contribution in [2.75, 3.05) is 6.61 Å². The maximum Gasteiger partial charge on any atom is 0.125 e. The minimum atomic E-state index is -0.213. The molecule has 3 nitrogen and oxygen atoms in total. The van der Waals surface area contributed by atoms with Crippen LogP contribution >= 0.6 is 15.9 Å². The quantitative estimate of drug-likeness (QED) is 0.860. The molecule has 1 aromatic rings. The molecule has 0 saturated heterocycles. The Bertz CT molecular complexity index is 296. The van der Waals surface area contributed by atoms with Crippen molar-refractivity contribution in [1.29, 1.82) is 0 Å². The number of furan rings is 1. The first-order valence-electron chi connectivity index (χ1n) is 4.19. The molecule has 3 N–H and O–H groups in total. The predicted octanol–water partition coefficient (Wildman–Crippen LogP) is 2.04. The number of rotatable bonds is 3. The topological polar surface area (TPSA) is 59.4 Å². The highest BCUT2D eigenvalue weighted by Gasteiger charge is 2.17. The zero-order valence-corrected chi connectivity index (χ0v) is 9.39. The monoisotopic (exact) mass is 247 g/mol. The first-order valence-corrected chi connectivity index (χ1v) is 4.99. The van der Waals surface area contributed by atoms with E-state index in [2.05, 4.69) is 15.9 Å². The van der Waals surface area contributed by atoms with Gasteiger partial charge in [-0.2, -0.15) is 0 Å². The second kappa shape index (κ2) is 4.26. The van der Waals surface area contributed by atoms with E-state index >= 15 is 0 Å². The summed E-state index contributed by atoms with van der Waals surface area (Å²) >= 11 is 3.41. The van der Waals surface area contributed by atoms with Gasteiger partial charge in [0.25, 0.3) is 0 Å². The minimum absolute atomic E-state index is 0.0813. The summed E-state index contributed by atoms with van der Waals surface area (Å²) in [5.41, 5.74) is 6.84. The second-order valence-electron chi connectivity index (χ2n) is 3.08. The molecule has 0 radical (unpaired) electrons. The first-order chi connectivity index (χ1) is 6.07. The van der Waals surface area contributed by atoms with E-state index in [9.17, 15) is 0 Å². The molecule has 0 aliphatic rings. The van der Waals surface area contributed by atoms with Crippen LogP contribution in [0.4, 0.5) is 0 Å². The van der Waals surface area contributed by atoms with Crippen LogP contribution in [-0.4, -0.2) is 11.7 Å². The van der Waals surface area contributed by atoms with Gasteiger partial charge in [0.15, 0.2) is 0 Å². The van der Waals surface area contributed by atoms with Crippen LogP contribution in [-0.2, 0) is 0 Å². The first kappa shape index (κ1) is 10.8. The molecular formula is C9H14BrNO2. The van der Waals surface area contributed by atoms with Crippen LogP contribution in [0.3, 0.4) is 0 Å². The third kappa shape index (κ3) is 2.13. The van der Waals surface area contributed by atoms with Crippen LogP contribution in [0.2, 0.25) is 0 Å². The molecule has 1 unspecified atom stereocenters. The molecule has 0 spiro atoms. The molecular weight excluding hydrogens is 234 g/mol. The van der Waals surface area contributed by atoms with Crippen molar-refractivity contribution >= 4 is 15.9 Å². The normalized spacial score (nSPS) is 13.3. The van der Waals surface area contributed by atoms with Crippen LogP contribution < -0.4 is 5.73 Å². The fraction of sp³-hybridized carbons (Fsp3) is 0.556. The number of aliphatic hydroxyl groups is 1. The lowest BCUT2D eigenvalue weighted by atomic mass is 10.1. The van der Waals surface area contributed by atoms with Crippen molar-refractivity contribution < 1.29 is 9.52 Å². The summed E-state index contributed by atoms with van der Waals surface area (Å²) in [5.74, 6) is 1.60. The molecule has 1 rings (SSSR count). The third-order valence-electron chi connectivity index (χ3n) is 2.05. The van der Waals surface area contributed by atoms with E-state index in [1.165, 1.54) is 0 Å². The molecule has 0 aliphatic heterocycles.